The topological polar surface area (TPSA) is 44.4 Å². The highest BCUT2D eigenvalue weighted by molar-refractivity contribution is 6.00. The second-order valence-electron chi connectivity index (χ2n) is 6.12. The summed E-state index contributed by atoms with van der Waals surface area (Å²) in [4.78, 5) is 14.9. The van der Waals surface area contributed by atoms with Gasteiger partial charge in [-0.2, -0.15) is 0 Å². The van der Waals surface area contributed by atoms with Gasteiger partial charge in [0.1, 0.15) is 0 Å². The van der Waals surface area contributed by atoms with Crippen molar-refractivity contribution < 1.29 is 4.79 Å². The maximum atomic E-state index is 12.6. The van der Waals surface area contributed by atoms with Crippen LogP contribution in [0.25, 0.3) is 0 Å². The summed E-state index contributed by atoms with van der Waals surface area (Å²) in [5, 5.41) is 6.42. The number of nitrogens with zero attached hydrogens (tertiary/aromatic N) is 1. The van der Waals surface area contributed by atoms with Gasteiger partial charge in [0.25, 0.3) is 5.91 Å². The SMILES string of the molecule is CCN(CC)CCCNC(=O)c1ccccc1Nc1ccccc1C. The lowest BCUT2D eigenvalue weighted by Crippen LogP contribution is -2.30. The van der Waals surface area contributed by atoms with Crippen molar-refractivity contribution in [3.63, 3.8) is 0 Å². The van der Waals surface area contributed by atoms with E-state index in [4.69, 9.17) is 0 Å². The molecular formula is C21H29N3O. The minimum atomic E-state index is -0.0313. The molecule has 2 rings (SSSR count). The van der Waals surface area contributed by atoms with E-state index in [1.165, 1.54) is 0 Å². The smallest absolute Gasteiger partial charge is 0.253 e. The quantitative estimate of drug-likeness (QED) is 0.673. The first-order valence-electron chi connectivity index (χ1n) is 9.08. The lowest BCUT2D eigenvalue weighted by molar-refractivity contribution is 0.0952. The molecule has 1 amide bonds. The zero-order valence-corrected chi connectivity index (χ0v) is 15.5. The van der Waals surface area contributed by atoms with Crippen LogP contribution in [-0.4, -0.2) is 37.0 Å². The molecule has 0 saturated heterocycles. The van der Waals surface area contributed by atoms with Crippen LogP contribution in [0.2, 0.25) is 0 Å². The number of para-hydroxylation sites is 2. The monoisotopic (exact) mass is 339 g/mol. The second kappa shape index (κ2) is 9.84. The van der Waals surface area contributed by atoms with Crippen LogP contribution in [0.4, 0.5) is 11.4 Å². The van der Waals surface area contributed by atoms with Crippen molar-refractivity contribution in [2.24, 2.45) is 0 Å². The van der Waals surface area contributed by atoms with Gasteiger partial charge in [0.2, 0.25) is 0 Å². The molecule has 0 saturated carbocycles. The van der Waals surface area contributed by atoms with Crippen molar-refractivity contribution in [3.8, 4) is 0 Å². The highest BCUT2D eigenvalue weighted by Crippen LogP contribution is 2.23. The molecule has 0 spiro atoms. The maximum Gasteiger partial charge on any atom is 0.253 e. The summed E-state index contributed by atoms with van der Waals surface area (Å²) in [6.07, 6.45) is 0.959. The van der Waals surface area contributed by atoms with Crippen molar-refractivity contribution >= 4 is 17.3 Å². The summed E-state index contributed by atoms with van der Waals surface area (Å²) in [5.74, 6) is -0.0313. The summed E-state index contributed by atoms with van der Waals surface area (Å²) in [5.41, 5.74) is 3.67. The normalized spacial score (nSPS) is 10.7. The van der Waals surface area contributed by atoms with E-state index in [1.807, 2.05) is 42.5 Å². The van der Waals surface area contributed by atoms with Gasteiger partial charge < -0.3 is 15.5 Å². The van der Waals surface area contributed by atoms with Gasteiger partial charge in [-0.1, -0.05) is 44.2 Å². The van der Waals surface area contributed by atoms with Crippen LogP contribution in [0.1, 0.15) is 36.2 Å². The van der Waals surface area contributed by atoms with Crippen LogP contribution in [-0.2, 0) is 0 Å². The molecular weight excluding hydrogens is 310 g/mol. The molecule has 0 bridgehead atoms. The van der Waals surface area contributed by atoms with Crippen molar-refractivity contribution in [1.29, 1.82) is 0 Å². The number of rotatable bonds is 9. The third-order valence-corrected chi connectivity index (χ3v) is 4.42. The molecule has 0 atom stereocenters. The van der Waals surface area contributed by atoms with E-state index in [2.05, 4.69) is 42.4 Å². The van der Waals surface area contributed by atoms with Crippen molar-refractivity contribution in [1.82, 2.24) is 10.2 Å². The average Bonchev–Trinajstić information content (AvgIpc) is 2.64. The molecule has 0 heterocycles. The minimum Gasteiger partial charge on any atom is -0.355 e. The van der Waals surface area contributed by atoms with E-state index >= 15 is 0 Å². The molecule has 2 N–H and O–H groups in total. The van der Waals surface area contributed by atoms with Crippen LogP contribution in [0.5, 0.6) is 0 Å². The van der Waals surface area contributed by atoms with Crippen molar-refractivity contribution in [3.05, 3.63) is 59.7 Å². The summed E-state index contributed by atoms with van der Waals surface area (Å²) >= 11 is 0. The van der Waals surface area contributed by atoms with Crippen LogP contribution in [0, 0.1) is 6.92 Å². The Morgan fingerprint density at radius 2 is 1.60 bits per heavy atom. The van der Waals surface area contributed by atoms with E-state index in [0.29, 0.717) is 12.1 Å². The Hall–Kier alpha value is -2.33. The van der Waals surface area contributed by atoms with Crippen molar-refractivity contribution in [2.75, 3.05) is 31.5 Å². The lowest BCUT2D eigenvalue weighted by atomic mass is 10.1. The van der Waals surface area contributed by atoms with E-state index in [0.717, 1.165) is 43.0 Å². The third kappa shape index (κ3) is 5.61. The Labute approximate surface area is 151 Å². The van der Waals surface area contributed by atoms with E-state index in [9.17, 15) is 4.79 Å². The van der Waals surface area contributed by atoms with Crippen LogP contribution in [0.3, 0.4) is 0 Å². The molecule has 134 valence electrons. The van der Waals surface area contributed by atoms with Gasteiger partial charge in [-0.3, -0.25) is 4.79 Å². The summed E-state index contributed by atoms with van der Waals surface area (Å²) < 4.78 is 0. The van der Waals surface area contributed by atoms with Crippen LogP contribution >= 0.6 is 0 Å². The van der Waals surface area contributed by atoms with Gasteiger partial charge >= 0.3 is 0 Å². The Balaban J connectivity index is 1.97. The first-order chi connectivity index (χ1) is 12.2. The molecule has 2 aromatic rings. The van der Waals surface area contributed by atoms with Gasteiger partial charge in [-0.25, -0.2) is 0 Å². The van der Waals surface area contributed by atoms with Crippen LogP contribution in [0.15, 0.2) is 48.5 Å². The molecule has 0 aliphatic carbocycles. The maximum absolute atomic E-state index is 12.6. The molecule has 0 radical (unpaired) electrons. The van der Waals surface area contributed by atoms with Gasteiger partial charge in [0.05, 0.1) is 11.3 Å². The number of nitrogens with one attached hydrogen (secondary N) is 2. The van der Waals surface area contributed by atoms with Crippen molar-refractivity contribution in [2.45, 2.75) is 27.2 Å². The number of benzene rings is 2. The highest BCUT2D eigenvalue weighted by atomic mass is 16.1. The zero-order valence-electron chi connectivity index (χ0n) is 15.5. The number of hydrogen-bond donors (Lipinski definition) is 2. The first kappa shape index (κ1) is 19.0. The number of carbonyl (C=O) groups excluding carboxylic acids is 1. The number of hydrogen-bond acceptors (Lipinski definition) is 3. The number of aryl methyl sites for hydroxylation is 1. The largest absolute Gasteiger partial charge is 0.355 e. The molecule has 4 heteroatoms. The molecule has 4 nitrogen and oxygen atoms in total. The molecule has 0 aliphatic heterocycles. The Morgan fingerprint density at radius 1 is 0.960 bits per heavy atom. The molecule has 0 aromatic heterocycles. The summed E-state index contributed by atoms with van der Waals surface area (Å²) in [6.45, 7) is 10.2. The Kier molecular flexibility index (Phi) is 7.48. The predicted octanol–water partition coefficient (Wildman–Crippen LogP) is 4.20. The Bertz CT molecular complexity index is 680. The number of amides is 1. The fourth-order valence-corrected chi connectivity index (χ4v) is 2.79. The molecule has 0 aliphatic rings. The van der Waals surface area contributed by atoms with Gasteiger partial charge in [-0.15, -0.1) is 0 Å². The fraction of sp³-hybridized carbons (Fsp3) is 0.381. The number of carbonyl (C=O) groups is 1. The van der Waals surface area contributed by atoms with E-state index in [-0.39, 0.29) is 5.91 Å². The Morgan fingerprint density at radius 3 is 2.28 bits per heavy atom. The average molecular weight is 339 g/mol. The fourth-order valence-electron chi connectivity index (χ4n) is 2.79. The van der Waals surface area contributed by atoms with Gasteiger partial charge in [0.15, 0.2) is 0 Å². The van der Waals surface area contributed by atoms with E-state index < -0.39 is 0 Å². The number of anilines is 2. The molecule has 2 aromatic carbocycles. The van der Waals surface area contributed by atoms with Gasteiger partial charge in [0, 0.05) is 12.2 Å². The molecule has 0 unspecified atom stereocenters. The minimum absolute atomic E-state index is 0.0313. The summed E-state index contributed by atoms with van der Waals surface area (Å²) in [6, 6.07) is 15.7. The second-order valence-corrected chi connectivity index (χ2v) is 6.12. The molecule has 25 heavy (non-hydrogen) atoms. The predicted molar refractivity (Wildman–Crippen MR) is 106 cm³/mol. The summed E-state index contributed by atoms with van der Waals surface area (Å²) in [7, 11) is 0. The van der Waals surface area contributed by atoms with Gasteiger partial charge in [-0.05, 0) is 56.7 Å². The highest BCUT2D eigenvalue weighted by Gasteiger charge is 2.11. The lowest BCUT2D eigenvalue weighted by Gasteiger charge is -2.18. The third-order valence-electron chi connectivity index (χ3n) is 4.42. The van der Waals surface area contributed by atoms with Crippen LogP contribution < -0.4 is 10.6 Å². The standard InChI is InChI=1S/C21H29N3O/c1-4-24(5-2)16-10-15-22-21(25)18-12-7-9-14-20(18)23-19-13-8-6-11-17(19)3/h6-9,11-14,23H,4-5,10,15-16H2,1-3H3,(H,22,25). The zero-order chi connectivity index (χ0) is 18.1. The molecule has 0 fully saturated rings. The van der Waals surface area contributed by atoms with E-state index in [1.54, 1.807) is 0 Å². The first-order valence-corrected chi connectivity index (χ1v) is 9.08.